The van der Waals surface area contributed by atoms with Crippen LogP contribution in [0, 0.1) is 0 Å². The molecule has 0 saturated heterocycles. The molecule has 5 heteroatoms. The normalized spacial score (nSPS) is 14.7. The SMILES string of the molecule is C.C.CC(O)(F)C(C)(F)F.[Rf]. The molecule has 0 aromatic carbocycles. The van der Waals surface area contributed by atoms with Crippen LogP contribution < -0.4 is 0 Å². The first-order valence-corrected chi connectivity index (χ1v) is 2.04. The van der Waals surface area contributed by atoms with Crippen molar-refractivity contribution >= 4 is 0 Å². The van der Waals surface area contributed by atoms with Crippen LogP contribution in [-0.4, -0.2) is 16.9 Å². The van der Waals surface area contributed by atoms with Gasteiger partial charge < -0.3 is 5.11 Å². The van der Waals surface area contributed by atoms with Gasteiger partial charge >= 0.3 is 5.92 Å². The summed E-state index contributed by atoms with van der Waals surface area (Å²) in [7, 11) is 0. The van der Waals surface area contributed by atoms with Gasteiger partial charge in [0.1, 0.15) is 0 Å². The minimum atomic E-state index is -3.67. The number of hydrogen-bond donors (Lipinski definition) is 1. The minimum Gasteiger partial charge on any atom is -0.357 e. The van der Waals surface area contributed by atoms with Crippen molar-refractivity contribution in [2.45, 2.75) is 40.5 Å². The van der Waals surface area contributed by atoms with Gasteiger partial charge in [0.05, 0.1) is 0 Å². The molecule has 1 N–H and O–H groups in total. The zero-order valence-corrected chi connectivity index (χ0v) is 11.7. The Hall–Kier alpha value is -1.25. The monoisotopic (exact) mass is 427 g/mol. The van der Waals surface area contributed by atoms with E-state index in [1.165, 1.54) is 0 Å². The molecule has 1 nitrogen and oxygen atoms in total. The topological polar surface area (TPSA) is 20.2 Å². The van der Waals surface area contributed by atoms with Crippen molar-refractivity contribution in [2.75, 3.05) is 0 Å². The molecule has 0 aromatic heterocycles. The smallest absolute Gasteiger partial charge is 0.302 e. The Labute approximate surface area is 59.9 Å². The molecule has 0 aliphatic heterocycles. The third-order valence-corrected chi connectivity index (χ3v) is 0.801. The third-order valence-electron chi connectivity index (χ3n) is 0.801. The fourth-order valence-electron chi connectivity index (χ4n) is 0. The summed E-state index contributed by atoms with van der Waals surface area (Å²) >= 11 is 0. The van der Waals surface area contributed by atoms with Gasteiger partial charge in [0.15, 0.2) is 0 Å². The van der Waals surface area contributed by atoms with Gasteiger partial charge in [0, 0.05) is 13.8 Å². The first kappa shape index (κ1) is 22.6. The quantitative estimate of drug-likeness (QED) is 0.683. The van der Waals surface area contributed by atoms with Crippen LogP contribution in [0.5, 0.6) is 0 Å². The summed E-state index contributed by atoms with van der Waals surface area (Å²) in [4.78, 5) is 0. The average molecular weight is 427 g/mol. The molecular formula is C6H15F3ORf. The molecule has 0 bridgehead atoms. The molecule has 0 aliphatic rings. The van der Waals surface area contributed by atoms with Crippen LogP contribution in [0.15, 0.2) is 0 Å². The van der Waals surface area contributed by atoms with Crippen LogP contribution in [-0.2, 0) is 0 Å². The number of aliphatic hydroxyl groups is 1. The molecule has 0 heterocycles. The fraction of sp³-hybridized carbons (Fsp3) is 1.00. The van der Waals surface area contributed by atoms with E-state index in [1.54, 1.807) is 0 Å². The van der Waals surface area contributed by atoms with Gasteiger partial charge in [-0.2, -0.15) is 0 Å². The van der Waals surface area contributed by atoms with Crippen LogP contribution >= 0.6 is 0 Å². The first-order chi connectivity index (χ1) is 3.25. The van der Waals surface area contributed by atoms with Crippen molar-refractivity contribution in [3.8, 4) is 0 Å². The van der Waals surface area contributed by atoms with Gasteiger partial charge in [0.25, 0.3) is 5.85 Å². The summed E-state index contributed by atoms with van der Waals surface area (Å²) in [6, 6.07) is 0. The predicted molar refractivity (Wildman–Crippen MR) is 35.8 cm³/mol. The molecule has 0 spiro atoms. The maximum absolute atomic E-state index is 11.7. The van der Waals surface area contributed by atoms with Gasteiger partial charge in [-0.1, -0.05) is 14.9 Å². The Bertz CT molecular complexity index is 72.8. The largest absolute Gasteiger partial charge is 0.357 e. The minimum absolute atomic E-state index is 0. The Morgan fingerprint density at radius 2 is 1.09 bits per heavy atom. The molecule has 0 amide bonds. The number of hydrogen-bond acceptors (Lipinski definition) is 1. The van der Waals surface area contributed by atoms with E-state index in [0.29, 0.717) is 13.8 Å². The van der Waals surface area contributed by atoms with Gasteiger partial charge in [-0.25, -0.2) is 13.2 Å². The fourth-order valence-corrected chi connectivity index (χ4v) is 0. The van der Waals surface area contributed by atoms with Crippen LogP contribution in [0.2, 0.25) is 0 Å². The van der Waals surface area contributed by atoms with Gasteiger partial charge in [-0.3, -0.25) is 0 Å². The molecular weight excluding hydrogens is 412 g/mol. The zero-order valence-electron chi connectivity index (χ0n) is 5.29. The van der Waals surface area contributed by atoms with Crippen LogP contribution in [0.3, 0.4) is 0 Å². The maximum atomic E-state index is 11.7. The van der Waals surface area contributed by atoms with Crippen LogP contribution in [0.4, 0.5) is 13.2 Å². The Morgan fingerprint density at radius 1 is 1.00 bits per heavy atom. The van der Waals surface area contributed by atoms with Crippen molar-refractivity contribution < 1.29 is 18.3 Å². The second-order valence-electron chi connectivity index (χ2n) is 1.84. The number of halogens is 3. The molecule has 1 atom stereocenters. The molecule has 68 valence electrons. The van der Waals surface area contributed by atoms with Crippen LogP contribution in [0.1, 0.15) is 28.7 Å². The van der Waals surface area contributed by atoms with E-state index in [-0.39, 0.29) is 14.9 Å². The van der Waals surface area contributed by atoms with E-state index in [9.17, 15) is 13.2 Å². The molecule has 0 rings (SSSR count). The van der Waals surface area contributed by atoms with E-state index < -0.39 is 11.8 Å². The first-order valence-electron chi connectivity index (χ1n) is 2.04. The Kier molecular flexibility index (Phi) is 9.33. The van der Waals surface area contributed by atoms with Crippen molar-refractivity contribution in [3.63, 3.8) is 0 Å². The summed E-state index contributed by atoms with van der Waals surface area (Å²) in [5, 5.41) is 7.94. The van der Waals surface area contributed by atoms with E-state index in [4.69, 9.17) is 5.11 Å². The molecule has 0 aliphatic carbocycles. The molecule has 0 aromatic rings. The predicted octanol–water partition coefficient (Wildman–Crippen LogP) is 2.59. The standard InChI is InChI=1S/C4H7F3O.2CH4.Rf/c1-3(5,6)4(2,7)8;;;/h8H,1-2H3;2*1H4;. The molecule has 0 fully saturated rings. The summed E-state index contributed by atoms with van der Waals surface area (Å²) in [5.74, 6) is -7.07. The van der Waals surface area contributed by atoms with Crippen molar-refractivity contribution in [2.24, 2.45) is 0 Å². The summed E-state index contributed by atoms with van der Waals surface area (Å²) in [5.41, 5.74) is 0. The summed E-state index contributed by atoms with van der Waals surface area (Å²) < 4.78 is 34.9. The molecule has 0 radical (unpaired) electrons. The van der Waals surface area contributed by atoms with Gasteiger partial charge in [-0.05, 0) is 0 Å². The zero-order chi connectivity index (χ0) is 7.00. The number of rotatable bonds is 1. The van der Waals surface area contributed by atoms with E-state index in [2.05, 4.69) is 0 Å². The van der Waals surface area contributed by atoms with Crippen molar-refractivity contribution in [1.82, 2.24) is 0 Å². The maximum Gasteiger partial charge on any atom is 0.302 e. The second-order valence-corrected chi connectivity index (χ2v) is 1.84. The molecule has 1 unspecified atom stereocenters. The van der Waals surface area contributed by atoms with Gasteiger partial charge in [0.2, 0.25) is 0 Å². The van der Waals surface area contributed by atoms with Crippen molar-refractivity contribution in [1.29, 1.82) is 0 Å². The Balaban J connectivity index is -0.0000000817. The number of alkyl halides is 3. The molecule has 11 heavy (non-hydrogen) atoms. The average Bonchev–Trinajstić information content (AvgIpc) is 1.25. The summed E-state index contributed by atoms with van der Waals surface area (Å²) in [6.07, 6.45) is 0. The van der Waals surface area contributed by atoms with Crippen LogP contribution in [0.25, 0.3) is 0 Å². The second kappa shape index (κ2) is 4.55. The van der Waals surface area contributed by atoms with Crippen molar-refractivity contribution in [3.05, 3.63) is 0 Å². The van der Waals surface area contributed by atoms with Gasteiger partial charge in [-0.15, -0.1) is 0 Å². The van der Waals surface area contributed by atoms with E-state index in [0.717, 1.165) is 0 Å². The summed E-state index contributed by atoms with van der Waals surface area (Å²) in [6.45, 7) is 0.722. The Morgan fingerprint density at radius 3 is 1.09 bits per heavy atom. The van der Waals surface area contributed by atoms with E-state index in [1.807, 2.05) is 0 Å². The van der Waals surface area contributed by atoms with E-state index >= 15 is 0 Å². The third kappa shape index (κ3) is 6.64. The molecule has 0 saturated carbocycles.